The van der Waals surface area contributed by atoms with E-state index in [1.807, 2.05) is 12.1 Å². The molecule has 20 heavy (non-hydrogen) atoms. The van der Waals surface area contributed by atoms with E-state index in [0.717, 1.165) is 4.90 Å². The van der Waals surface area contributed by atoms with Crippen molar-refractivity contribution in [3.63, 3.8) is 0 Å². The molecule has 0 aliphatic carbocycles. The molecule has 2 aromatic carbocycles. The largest absolute Gasteiger partial charge is 0.478 e. The highest BCUT2D eigenvalue weighted by Gasteiger charge is 2.28. The molecule has 1 heterocycles. The Balaban J connectivity index is 2.21. The summed E-state index contributed by atoms with van der Waals surface area (Å²) in [7, 11) is 0. The number of hydrogen-bond donors (Lipinski definition) is 2. The minimum atomic E-state index is -1.28. The first-order chi connectivity index (χ1) is 9.58. The van der Waals surface area contributed by atoms with Crippen molar-refractivity contribution in [2.45, 2.75) is 9.79 Å². The Kier molecular flexibility index (Phi) is 2.87. The molecule has 3 rings (SSSR count). The maximum atomic E-state index is 11.4. The third kappa shape index (κ3) is 1.90. The van der Waals surface area contributed by atoms with Crippen molar-refractivity contribution >= 4 is 23.7 Å². The second-order valence-electron chi connectivity index (χ2n) is 4.08. The fourth-order valence-corrected chi connectivity index (χ4v) is 3.07. The van der Waals surface area contributed by atoms with Crippen LogP contribution in [-0.2, 0) is 0 Å². The van der Waals surface area contributed by atoms with Gasteiger partial charge in [0.1, 0.15) is 11.5 Å². The van der Waals surface area contributed by atoms with Crippen molar-refractivity contribution in [2.75, 3.05) is 0 Å². The quantitative estimate of drug-likeness (QED) is 0.752. The van der Waals surface area contributed by atoms with Crippen LogP contribution in [0.3, 0.4) is 0 Å². The van der Waals surface area contributed by atoms with Crippen LogP contribution in [0.25, 0.3) is 0 Å². The van der Waals surface area contributed by atoms with Crippen molar-refractivity contribution in [3.05, 3.63) is 47.5 Å². The highest BCUT2D eigenvalue weighted by molar-refractivity contribution is 7.99. The maximum Gasteiger partial charge on any atom is 0.337 e. The van der Waals surface area contributed by atoms with Gasteiger partial charge in [-0.05, 0) is 24.3 Å². The van der Waals surface area contributed by atoms with E-state index in [-0.39, 0.29) is 11.1 Å². The lowest BCUT2D eigenvalue weighted by Crippen LogP contribution is -2.11. The molecule has 1 aliphatic heterocycles. The molecule has 0 fully saturated rings. The Morgan fingerprint density at radius 2 is 1.70 bits per heavy atom. The van der Waals surface area contributed by atoms with Gasteiger partial charge in [-0.2, -0.15) is 0 Å². The SMILES string of the molecule is O=C(O)c1ccc2c(c1C(=O)O)Sc1ccccc1O2. The van der Waals surface area contributed by atoms with E-state index in [2.05, 4.69) is 0 Å². The summed E-state index contributed by atoms with van der Waals surface area (Å²) in [6, 6.07) is 9.92. The van der Waals surface area contributed by atoms with Crippen LogP contribution in [-0.4, -0.2) is 22.2 Å². The first-order valence-electron chi connectivity index (χ1n) is 5.66. The number of benzene rings is 2. The minimum absolute atomic E-state index is 0.241. The number of ether oxygens (including phenoxy) is 1. The van der Waals surface area contributed by atoms with Crippen LogP contribution < -0.4 is 4.74 Å². The third-order valence-corrected chi connectivity index (χ3v) is 4.01. The van der Waals surface area contributed by atoms with Crippen molar-refractivity contribution < 1.29 is 24.5 Å². The van der Waals surface area contributed by atoms with Gasteiger partial charge in [0.2, 0.25) is 0 Å². The molecule has 0 unspecified atom stereocenters. The summed E-state index contributed by atoms with van der Waals surface area (Å²) in [5.74, 6) is -1.57. The second kappa shape index (κ2) is 4.57. The van der Waals surface area contributed by atoms with Crippen LogP contribution in [0.1, 0.15) is 20.7 Å². The summed E-state index contributed by atoms with van der Waals surface area (Å²) in [6.07, 6.45) is 0. The summed E-state index contributed by atoms with van der Waals surface area (Å²) < 4.78 is 5.63. The summed E-state index contributed by atoms with van der Waals surface area (Å²) >= 11 is 1.20. The maximum absolute atomic E-state index is 11.4. The van der Waals surface area contributed by atoms with Gasteiger partial charge < -0.3 is 14.9 Å². The molecule has 6 heteroatoms. The summed E-state index contributed by atoms with van der Waals surface area (Å²) in [5, 5.41) is 18.4. The number of para-hydroxylation sites is 1. The monoisotopic (exact) mass is 288 g/mol. The fraction of sp³-hybridized carbons (Fsp3) is 0. The lowest BCUT2D eigenvalue weighted by molar-refractivity contribution is 0.0648. The van der Waals surface area contributed by atoms with E-state index >= 15 is 0 Å². The number of carboxylic acid groups (broad SMARTS) is 2. The van der Waals surface area contributed by atoms with E-state index in [1.54, 1.807) is 12.1 Å². The third-order valence-electron chi connectivity index (χ3n) is 2.85. The number of carboxylic acids is 2. The Hall–Kier alpha value is -2.47. The molecule has 0 saturated carbocycles. The molecular weight excluding hydrogens is 280 g/mol. The molecule has 0 amide bonds. The topological polar surface area (TPSA) is 83.8 Å². The van der Waals surface area contributed by atoms with Crippen molar-refractivity contribution in [1.29, 1.82) is 0 Å². The fourth-order valence-electron chi connectivity index (χ4n) is 1.98. The van der Waals surface area contributed by atoms with Crippen LogP contribution in [0.4, 0.5) is 0 Å². The molecule has 0 spiro atoms. The molecule has 0 saturated heterocycles. The van der Waals surface area contributed by atoms with Crippen LogP contribution >= 0.6 is 11.8 Å². The van der Waals surface area contributed by atoms with Crippen LogP contribution in [0, 0.1) is 0 Å². The highest BCUT2D eigenvalue weighted by atomic mass is 32.2. The van der Waals surface area contributed by atoms with Gasteiger partial charge in [-0.15, -0.1) is 0 Å². The summed E-state index contributed by atoms with van der Waals surface area (Å²) in [6.45, 7) is 0. The lowest BCUT2D eigenvalue weighted by atomic mass is 10.1. The van der Waals surface area contributed by atoms with Gasteiger partial charge in [-0.1, -0.05) is 23.9 Å². The summed E-state index contributed by atoms with van der Waals surface area (Å²) in [5.41, 5.74) is -0.485. The van der Waals surface area contributed by atoms with Crippen LogP contribution in [0.5, 0.6) is 11.5 Å². The van der Waals surface area contributed by atoms with Gasteiger partial charge in [0, 0.05) is 0 Å². The van der Waals surface area contributed by atoms with E-state index in [1.165, 1.54) is 23.9 Å². The predicted octanol–water partition coefficient (Wildman–Crippen LogP) is 3.34. The number of fused-ring (bicyclic) bond motifs is 2. The average Bonchev–Trinajstić information content (AvgIpc) is 2.43. The minimum Gasteiger partial charge on any atom is -0.478 e. The zero-order valence-corrected chi connectivity index (χ0v) is 10.8. The van der Waals surface area contributed by atoms with Gasteiger partial charge in [0.05, 0.1) is 20.9 Å². The van der Waals surface area contributed by atoms with Gasteiger partial charge in [0.25, 0.3) is 0 Å². The standard InChI is InChI=1S/C14H8O5S/c15-13(16)7-5-6-9-12(11(7)14(17)18)20-10-4-2-1-3-8(10)19-9/h1-6H,(H,15,16)(H,17,18). The van der Waals surface area contributed by atoms with E-state index < -0.39 is 11.9 Å². The number of aromatic carboxylic acids is 2. The molecule has 2 N–H and O–H groups in total. The molecule has 2 aromatic rings. The number of hydrogen-bond acceptors (Lipinski definition) is 4. The molecule has 0 aromatic heterocycles. The second-order valence-corrected chi connectivity index (χ2v) is 5.13. The normalized spacial score (nSPS) is 12.0. The summed E-state index contributed by atoms with van der Waals surface area (Å²) in [4.78, 5) is 23.6. The van der Waals surface area contributed by atoms with E-state index in [4.69, 9.17) is 9.84 Å². The molecule has 5 nitrogen and oxygen atoms in total. The highest BCUT2D eigenvalue weighted by Crippen LogP contribution is 2.48. The molecule has 0 radical (unpaired) electrons. The Morgan fingerprint density at radius 1 is 0.950 bits per heavy atom. The van der Waals surface area contributed by atoms with Gasteiger partial charge >= 0.3 is 11.9 Å². The Labute approximate surface area is 117 Å². The zero-order chi connectivity index (χ0) is 14.3. The molecular formula is C14H8O5S. The Bertz CT molecular complexity index is 738. The zero-order valence-electron chi connectivity index (χ0n) is 9.99. The Morgan fingerprint density at radius 3 is 2.40 bits per heavy atom. The van der Waals surface area contributed by atoms with Crippen LogP contribution in [0.15, 0.2) is 46.2 Å². The number of rotatable bonds is 2. The predicted molar refractivity (Wildman–Crippen MR) is 71.0 cm³/mol. The van der Waals surface area contributed by atoms with E-state index in [0.29, 0.717) is 16.4 Å². The number of carbonyl (C=O) groups is 2. The van der Waals surface area contributed by atoms with Crippen molar-refractivity contribution in [3.8, 4) is 11.5 Å². The molecule has 0 atom stereocenters. The van der Waals surface area contributed by atoms with Gasteiger partial charge in [-0.25, -0.2) is 9.59 Å². The first kappa shape index (κ1) is 12.6. The van der Waals surface area contributed by atoms with Crippen molar-refractivity contribution in [1.82, 2.24) is 0 Å². The van der Waals surface area contributed by atoms with Gasteiger partial charge in [-0.3, -0.25) is 0 Å². The first-order valence-corrected chi connectivity index (χ1v) is 6.48. The van der Waals surface area contributed by atoms with Crippen molar-refractivity contribution in [2.24, 2.45) is 0 Å². The van der Waals surface area contributed by atoms with E-state index in [9.17, 15) is 14.7 Å². The average molecular weight is 288 g/mol. The smallest absolute Gasteiger partial charge is 0.337 e. The van der Waals surface area contributed by atoms with Crippen LogP contribution in [0.2, 0.25) is 0 Å². The lowest BCUT2D eigenvalue weighted by Gasteiger charge is -2.21. The van der Waals surface area contributed by atoms with Gasteiger partial charge in [0.15, 0.2) is 0 Å². The molecule has 0 bridgehead atoms. The molecule has 1 aliphatic rings. The molecule has 100 valence electrons.